The molecule has 1 aromatic carbocycles. The minimum atomic E-state index is -0.140. The Balaban J connectivity index is 1.57. The van der Waals surface area contributed by atoms with Crippen LogP contribution in [-0.2, 0) is 22.6 Å². The van der Waals surface area contributed by atoms with E-state index in [0.29, 0.717) is 19.8 Å². The first-order valence-corrected chi connectivity index (χ1v) is 11.1. The van der Waals surface area contributed by atoms with Crippen molar-refractivity contribution in [2.24, 2.45) is 0 Å². The van der Waals surface area contributed by atoms with Crippen LogP contribution in [-0.4, -0.2) is 60.5 Å². The lowest BCUT2D eigenvalue weighted by molar-refractivity contribution is -0.0323. The van der Waals surface area contributed by atoms with Crippen LogP contribution in [0, 0.1) is 0 Å². The molecule has 2 aromatic heterocycles. The Kier molecular flexibility index (Phi) is 6.79. The number of aromatic nitrogens is 2. The van der Waals surface area contributed by atoms with Crippen molar-refractivity contribution in [3.63, 3.8) is 0 Å². The van der Waals surface area contributed by atoms with Crippen molar-refractivity contribution >= 4 is 27.3 Å². The average molecular weight is 429 g/mol. The van der Waals surface area contributed by atoms with Gasteiger partial charge in [-0.3, -0.25) is 14.4 Å². The van der Waals surface area contributed by atoms with Gasteiger partial charge in [0.2, 0.25) is 0 Å². The summed E-state index contributed by atoms with van der Waals surface area (Å²) in [7, 11) is 1.63. The predicted molar refractivity (Wildman–Crippen MR) is 118 cm³/mol. The number of nitrogens with zero attached hydrogens (tertiary/aromatic N) is 3. The van der Waals surface area contributed by atoms with Crippen molar-refractivity contribution < 1.29 is 14.3 Å². The van der Waals surface area contributed by atoms with E-state index < -0.39 is 0 Å². The zero-order chi connectivity index (χ0) is 20.9. The fourth-order valence-electron chi connectivity index (χ4n) is 3.84. The van der Waals surface area contributed by atoms with Gasteiger partial charge in [-0.15, -0.1) is 11.3 Å². The molecular weight excluding hydrogens is 400 g/mol. The average Bonchev–Trinajstić information content (AvgIpc) is 3.38. The lowest BCUT2D eigenvalue weighted by Crippen LogP contribution is -2.38. The predicted octanol–water partition coefficient (Wildman–Crippen LogP) is 3.07. The van der Waals surface area contributed by atoms with E-state index in [0.717, 1.165) is 46.7 Å². The SMILES string of the molecule is CCn1cc(CN2CCO[C@H](c3c(C(=O)NCCOC)sc4ccccc34)C2)cn1. The van der Waals surface area contributed by atoms with Gasteiger partial charge >= 0.3 is 0 Å². The zero-order valence-electron chi connectivity index (χ0n) is 17.5. The summed E-state index contributed by atoms with van der Waals surface area (Å²) in [6, 6.07) is 8.18. The quantitative estimate of drug-likeness (QED) is 0.559. The van der Waals surface area contributed by atoms with E-state index in [1.165, 1.54) is 16.9 Å². The Hall–Kier alpha value is -2.26. The van der Waals surface area contributed by atoms with E-state index in [9.17, 15) is 4.79 Å². The maximum absolute atomic E-state index is 12.9. The third-order valence-corrected chi connectivity index (χ3v) is 6.51. The number of rotatable bonds is 8. The number of fused-ring (bicyclic) bond motifs is 1. The van der Waals surface area contributed by atoms with Crippen molar-refractivity contribution in [2.75, 3.05) is 40.0 Å². The van der Waals surface area contributed by atoms with Gasteiger partial charge in [0.05, 0.1) is 30.4 Å². The summed E-state index contributed by atoms with van der Waals surface area (Å²) in [5, 5.41) is 8.45. The highest BCUT2D eigenvalue weighted by atomic mass is 32.1. The van der Waals surface area contributed by atoms with Gasteiger partial charge in [0.25, 0.3) is 5.91 Å². The van der Waals surface area contributed by atoms with E-state index >= 15 is 0 Å². The number of nitrogens with one attached hydrogen (secondary N) is 1. The monoisotopic (exact) mass is 428 g/mol. The first kappa shape index (κ1) is 21.0. The standard InChI is InChI=1S/C22H28N4O3S/c1-3-26-14-16(12-24-26)13-25-9-11-29-18(15-25)20-17-6-4-5-7-19(17)30-21(20)22(27)23-8-10-28-2/h4-7,12,14,18H,3,8-11,13,15H2,1-2H3,(H,23,27)/t18-/m0/s1. The van der Waals surface area contributed by atoms with E-state index in [4.69, 9.17) is 9.47 Å². The number of morpholine rings is 1. The first-order chi connectivity index (χ1) is 14.7. The van der Waals surface area contributed by atoms with Crippen molar-refractivity contribution in [3.05, 3.63) is 52.7 Å². The molecule has 4 rings (SSSR count). The molecule has 3 heterocycles. The third-order valence-electron chi connectivity index (χ3n) is 5.32. The Morgan fingerprint density at radius 2 is 2.27 bits per heavy atom. The van der Waals surface area contributed by atoms with Crippen LogP contribution in [0.15, 0.2) is 36.7 Å². The number of thiophene rings is 1. The van der Waals surface area contributed by atoms with Crippen LogP contribution in [0.4, 0.5) is 0 Å². The first-order valence-electron chi connectivity index (χ1n) is 10.3. The van der Waals surface area contributed by atoms with Gasteiger partial charge in [-0.25, -0.2) is 0 Å². The topological polar surface area (TPSA) is 68.6 Å². The highest BCUT2D eigenvalue weighted by Crippen LogP contribution is 2.38. The second-order valence-corrected chi connectivity index (χ2v) is 8.44. The molecular formula is C22H28N4O3S. The number of aryl methyl sites for hydroxylation is 1. The summed E-state index contributed by atoms with van der Waals surface area (Å²) in [5.74, 6) is -0.0619. The molecule has 1 saturated heterocycles. The second kappa shape index (κ2) is 9.70. The van der Waals surface area contributed by atoms with Crippen LogP contribution in [0.2, 0.25) is 0 Å². The molecule has 160 valence electrons. The molecule has 1 aliphatic heterocycles. The van der Waals surface area contributed by atoms with E-state index in [1.807, 2.05) is 23.0 Å². The van der Waals surface area contributed by atoms with Crippen molar-refractivity contribution in [1.82, 2.24) is 20.0 Å². The van der Waals surface area contributed by atoms with Crippen LogP contribution in [0.3, 0.4) is 0 Å². The van der Waals surface area contributed by atoms with Crippen molar-refractivity contribution in [3.8, 4) is 0 Å². The largest absolute Gasteiger partial charge is 0.383 e. The molecule has 0 unspecified atom stereocenters. The van der Waals surface area contributed by atoms with E-state index in [1.54, 1.807) is 7.11 Å². The molecule has 30 heavy (non-hydrogen) atoms. The van der Waals surface area contributed by atoms with Crippen LogP contribution < -0.4 is 5.32 Å². The Morgan fingerprint density at radius 1 is 1.40 bits per heavy atom. The summed E-state index contributed by atoms with van der Waals surface area (Å²) in [5.41, 5.74) is 2.20. The normalized spacial score (nSPS) is 17.5. The van der Waals surface area contributed by atoms with Gasteiger partial charge in [-0.05, 0) is 18.4 Å². The summed E-state index contributed by atoms with van der Waals surface area (Å²) >= 11 is 1.53. The lowest BCUT2D eigenvalue weighted by Gasteiger charge is -2.33. The molecule has 1 amide bonds. The Morgan fingerprint density at radius 3 is 3.07 bits per heavy atom. The van der Waals surface area contributed by atoms with Gasteiger partial charge in [0.15, 0.2) is 0 Å². The zero-order valence-corrected chi connectivity index (χ0v) is 18.3. The highest BCUT2D eigenvalue weighted by Gasteiger charge is 2.29. The molecule has 8 heteroatoms. The molecule has 0 aliphatic carbocycles. The summed E-state index contributed by atoms with van der Waals surface area (Å²) in [6.45, 7) is 7.02. The third kappa shape index (κ3) is 4.57. The molecule has 7 nitrogen and oxygen atoms in total. The van der Waals surface area contributed by atoms with Gasteiger partial charge in [0, 0.05) is 61.9 Å². The van der Waals surface area contributed by atoms with E-state index in [-0.39, 0.29) is 12.0 Å². The minimum absolute atomic E-state index is 0.0619. The minimum Gasteiger partial charge on any atom is -0.383 e. The molecule has 0 radical (unpaired) electrons. The molecule has 0 saturated carbocycles. The molecule has 0 spiro atoms. The van der Waals surface area contributed by atoms with Gasteiger partial charge < -0.3 is 14.8 Å². The number of methoxy groups -OCH3 is 1. The maximum Gasteiger partial charge on any atom is 0.261 e. The Labute approximate surface area is 180 Å². The number of carbonyl (C=O) groups is 1. The molecule has 0 bridgehead atoms. The van der Waals surface area contributed by atoms with Crippen molar-refractivity contribution in [1.29, 1.82) is 0 Å². The number of hydrogen-bond donors (Lipinski definition) is 1. The molecule has 1 atom stereocenters. The Bertz CT molecular complexity index is 999. The summed E-state index contributed by atoms with van der Waals surface area (Å²) in [6.07, 6.45) is 3.89. The van der Waals surface area contributed by atoms with E-state index in [2.05, 4.69) is 40.6 Å². The molecule has 1 N–H and O–H groups in total. The van der Waals surface area contributed by atoms with Gasteiger partial charge in [0.1, 0.15) is 0 Å². The maximum atomic E-state index is 12.9. The van der Waals surface area contributed by atoms with Crippen LogP contribution in [0.25, 0.3) is 10.1 Å². The second-order valence-electron chi connectivity index (χ2n) is 7.39. The fourth-order valence-corrected chi connectivity index (χ4v) is 5.01. The molecule has 3 aromatic rings. The number of benzene rings is 1. The van der Waals surface area contributed by atoms with Gasteiger partial charge in [-0.2, -0.15) is 5.10 Å². The van der Waals surface area contributed by atoms with Crippen LogP contribution in [0.5, 0.6) is 0 Å². The summed E-state index contributed by atoms with van der Waals surface area (Å²) in [4.78, 5) is 16.0. The smallest absolute Gasteiger partial charge is 0.261 e. The summed E-state index contributed by atoms with van der Waals surface area (Å²) < 4.78 is 14.3. The van der Waals surface area contributed by atoms with Gasteiger partial charge in [-0.1, -0.05) is 18.2 Å². The highest BCUT2D eigenvalue weighted by molar-refractivity contribution is 7.21. The molecule has 1 aliphatic rings. The molecule has 1 fully saturated rings. The van der Waals surface area contributed by atoms with Crippen LogP contribution in [0.1, 0.15) is 33.8 Å². The number of amides is 1. The lowest BCUT2D eigenvalue weighted by atomic mass is 10.0. The number of ether oxygens (including phenoxy) is 2. The van der Waals surface area contributed by atoms with Crippen LogP contribution >= 0.6 is 11.3 Å². The number of carbonyl (C=O) groups excluding carboxylic acids is 1. The van der Waals surface area contributed by atoms with Crippen molar-refractivity contribution in [2.45, 2.75) is 26.1 Å². The number of hydrogen-bond acceptors (Lipinski definition) is 6. The fraction of sp³-hybridized carbons (Fsp3) is 0.455.